The van der Waals surface area contributed by atoms with Crippen LogP contribution in [0.15, 0.2) is 58.1 Å². The molecule has 0 bridgehead atoms. The number of rotatable bonds is 7. The Labute approximate surface area is 159 Å². The maximum absolute atomic E-state index is 11.8. The summed E-state index contributed by atoms with van der Waals surface area (Å²) in [5, 5.41) is 7.26. The van der Waals surface area contributed by atoms with Crippen LogP contribution in [0, 0.1) is 0 Å². The highest BCUT2D eigenvalue weighted by atomic mass is 79.9. The molecular weight excluding hydrogens is 406 g/mol. The molecule has 25 heavy (non-hydrogen) atoms. The van der Waals surface area contributed by atoms with E-state index in [1.165, 1.54) is 6.21 Å². The number of benzene rings is 2. The maximum atomic E-state index is 11.8. The molecule has 0 aliphatic carbocycles. The van der Waals surface area contributed by atoms with Crippen LogP contribution >= 0.6 is 27.5 Å². The van der Waals surface area contributed by atoms with E-state index in [0.717, 1.165) is 15.7 Å². The summed E-state index contributed by atoms with van der Waals surface area (Å²) >= 11 is 9.21. The van der Waals surface area contributed by atoms with Crippen LogP contribution in [0.3, 0.4) is 0 Å². The highest BCUT2D eigenvalue weighted by Crippen LogP contribution is 2.16. The predicted molar refractivity (Wildman–Crippen MR) is 104 cm³/mol. The van der Waals surface area contributed by atoms with Crippen molar-refractivity contribution in [3.8, 4) is 0 Å². The first kappa shape index (κ1) is 19.1. The standard InChI is InChI=1S/C18H17BrClN3O2/c19-14-5-2-7-16(11-14)22-17(24)8-3-9-18(25)23-21-12-13-4-1-6-15(20)10-13/h1-2,4-7,10-12H,3,8-9H2,(H,22,24)(H,23,25)/b21-12-. The van der Waals surface area contributed by atoms with Crippen LogP contribution in [0.4, 0.5) is 5.69 Å². The average molecular weight is 423 g/mol. The number of halogens is 2. The number of hydrazone groups is 1. The minimum atomic E-state index is -0.242. The lowest BCUT2D eigenvalue weighted by atomic mass is 10.2. The zero-order valence-corrected chi connectivity index (χ0v) is 15.7. The van der Waals surface area contributed by atoms with Gasteiger partial charge in [-0.3, -0.25) is 9.59 Å². The average Bonchev–Trinajstić information content (AvgIpc) is 2.55. The highest BCUT2D eigenvalue weighted by molar-refractivity contribution is 9.10. The zero-order chi connectivity index (χ0) is 18.1. The molecule has 0 aliphatic rings. The van der Waals surface area contributed by atoms with Gasteiger partial charge in [-0.15, -0.1) is 0 Å². The van der Waals surface area contributed by atoms with E-state index in [9.17, 15) is 9.59 Å². The van der Waals surface area contributed by atoms with Gasteiger partial charge in [0.15, 0.2) is 0 Å². The lowest BCUT2D eigenvalue weighted by Gasteiger charge is -2.05. The number of carbonyl (C=O) groups excluding carboxylic acids is 2. The molecule has 0 spiro atoms. The van der Waals surface area contributed by atoms with E-state index in [4.69, 9.17) is 11.6 Å². The molecule has 0 aromatic heterocycles. The van der Waals surface area contributed by atoms with E-state index < -0.39 is 0 Å². The van der Waals surface area contributed by atoms with Gasteiger partial charge in [0, 0.05) is 28.0 Å². The largest absolute Gasteiger partial charge is 0.326 e. The van der Waals surface area contributed by atoms with Gasteiger partial charge in [-0.25, -0.2) is 5.43 Å². The Hall–Kier alpha value is -2.18. The highest BCUT2D eigenvalue weighted by Gasteiger charge is 2.05. The van der Waals surface area contributed by atoms with Crippen LogP contribution in [0.25, 0.3) is 0 Å². The normalized spacial score (nSPS) is 10.6. The summed E-state index contributed by atoms with van der Waals surface area (Å²) in [7, 11) is 0. The van der Waals surface area contributed by atoms with Gasteiger partial charge in [0.25, 0.3) is 0 Å². The first-order valence-electron chi connectivity index (χ1n) is 7.66. The summed E-state index contributed by atoms with van der Waals surface area (Å²) in [6.45, 7) is 0. The van der Waals surface area contributed by atoms with Gasteiger partial charge >= 0.3 is 0 Å². The van der Waals surface area contributed by atoms with Crippen LogP contribution in [0.2, 0.25) is 5.02 Å². The third kappa shape index (κ3) is 7.49. The van der Waals surface area contributed by atoms with E-state index in [0.29, 0.717) is 11.4 Å². The van der Waals surface area contributed by atoms with Gasteiger partial charge < -0.3 is 5.32 Å². The summed E-state index contributed by atoms with van der Waals surface area (Å²) < 4.78 is 0.891. The summed E-state index contributed by atoms with van der Waals surface area (Å²) in [6, 6.07) is 14.5. The molecule has 2 rings (SSSR count). The number of anilines is 1. The molecule has 0 unspecified atom stereocenters. The summed E-state index contributed by atoms with van der Waals surface area (Å²) in [5.74, 6) is -0.373. The van der Waals surface area contributed by atoms with Crippen molar-refractivity contribution in [1.82, 2.24) is 5.43 Å². The zero-order valence-electron chi connectivity index (χ0n) is 13.3. The maximum Gasteiger partial charge on any atom is 0.240 e. The van der Waals surface area contributed by atoms with Crippen LogP contribution in [-0.4, -0.2) is 18.0 Å². The Morgan fingerprint density at radius 3 is 2.60 bits per heavy atom. The first-order chi connectivity index (χ1) is 12.0. The summed E-state index contributed by atoms with van der Waals surface area (Å²) in [6.07, 6.45) is 2.44. The van der Waals surface area contributed by atoms with Crippen LogP contribution in [0.1, 0.15) is 24.8 Å². The Balaban J connectivity index is 1.67. The van der Waals surface area contributed by atoms with Crippen LogP contribution in [-0.2, 0) is 9.59 Å². The topological polar surface area (TPSA) is 70.6 Å². The number of carbonyl (C=O) groups is 2. The molecule has 0 radical (unpaired) electrons. The third-order valence-corrected chi connectivity index (χ3v) is 3.90. The Kier molecular flexibility index (Phi) is 7.63. The molecule has 0 fully saturated rings. The van der Waals surface area contributed by atoms with Crippen molar-refractivity contribution >= 4 is 51.2 Å². The van der Waals surface area contributed by atoms with E-state index in [1.54, 1.807) is 24.3 Å². The molecule has 2 amide bonds. The molecule has 0 aliphatic heterocycles. The van der Waals surface area contributed by atoms with Gasteiger partial charge in [0.1, 0.15) is 0 Å². The molecule has 2 N–H and O–H groups in total. The molecular formula is C18H17BrClN3O2. The van der Waals surface area contributed by atoms with Crippen molar-refractivity contribution < 1.29 is 9.59 Å². The van der Waals surface area contributed by atoms with Crippen LogP contribution < -0.4 is 10.7 Å². The van der Waals surface area contributed by atoms with E-state index >= 15 is 0 Å². The van der Waals surface area contributed by atoms with Gasteiger partial charge in [0.05, 0.1) is 6.21 Å². The summed E-state index contributed by atoms with van der Waals surface area (Å²) in [5.41, 5.74) is 3.94. The van der Waals surface area contributed by atoms with Gasteiger partial charge in [0.2, 0.25) is 11.8 Å². The first-order valence-corrected chi connectivity index (χ1v) is 8.83. The van der Waals surface area contributed by atoms with Gasteiger partial charge in [-0.1, -0.05) is 45.7 Å². The van der Waals surface area contributed by atoms with Crippen molar-refractivity contribution in [1.29, 1.82) is 0 Å². The quantitative estimate of drug-likeness (QED) is 0.514. The van der Waals surface area contributed by atoms with Gasteiger partial charge in [-0.2, -0.15) is 5.10 Å². The SMILES string of the molecule is O=C(CCCC(=O)Nc1cccc(Br)c1)N/N=C\c1cccc(Cl)c1. The smallest absolute Gasteiger partial charge is 0.240 e. The molecule has 0 heterocycles. The molecule has 130 valence electrons. The Morgan fingerprint density at radius 1 is 1.08 bits per heavy atom. The minimum absolute atomic E-state index is 0.131. The number of nitrogens with zero attached hydrogens (tertiary/aromatic N) is 1. The Bertz CT molecular complexity index is 780. The molecule has 2 aromatic rings. The molecule has 0 saturated heterocycles. The number of nitrogens with one attached hydrogen (secondary N) is 2. The van der Waals surface area contributed by atoms with Crippen molar-refractivity contribution in [2.75, 3.05) is 5.32 Å². The molecule has 2 aromatic carbocycles. The lowest BCUT2D eigenvalue weighted by molar-refractivity contribution is -0.121. The number of hydrogen-bond acceptors (Lipinski definition) is 3. The molecule has 0 atom stereocenters. The fourth-order valence-electron chi connectivity index (χ4n) is 2.02. The van der Waals surface area contributed by atoms with Crippen molar-refractivity contribution in [2.45, 2.75) is 19.3 Å². The van der Waals surface area contributed by atoms with E-state index in [-0.39, 0.29) is 24.7 Å². The predicted octanol–water partition coefficient (Wildman–Crippen LogP) is 4.36. The number of hydrogen-bond donors (Lipinski definition) is 2. The van der Waals surface area contributed by atoms with E-state index in [2.05, 4.69) is 31.8 Å². The monoisotopic (exact) mass is 421 g/mol. The fraction of sp³-hybridized carbons (Fsp3) is 0.167. The van der Waals surface area contributed by atoms with Crippen molar-refractivity contribution in [3.05, 3.63) is 63.6 Å². The Morgan fingerprint density at radius 2 is 1.84 bits per heavy atom. The van der Waals surface area contributed by atoms with Crippen LogP contribution in [0.5, 0.6) is 0 Å². The summed E-state index contributed by atoms with van der Waals surface area (Å²) in [4.78, 5) is 23.5. The second kappa shape index (κ2) is 9.96. The van der Waals surface area contributed by atoms with E-state index in [1.807, 2.05) is 24.3 Å². The van der Waals surface area contributed by atoms with Gasteiger partial charge in [-0.05, 0) is 42.3 Å². The molecule has 0 saturated carbocycles. The van der Waals surface area contributed by atoms with Crippen molar-refractivity contribution in [3.63, 3.8) is 0 Å². The molecule has 7 heteroatoms. The lowest BCUT2D eigenvalue weighted by Crippen LogP contribution is -2.18. The second-order valence-electron chi connectivity index (χ2n) is 5.26. The number of amides is 2. The van der Waals surface area contributed by atoms with Crippen molar-refractivity contribution in [2.24, 2.45) is 5.10 Å². The molecule has 5 nitrogen and oxygen atoms in total. The third-order valence-electron chi connectivity index (χ3n) is 3.17. The fourth-order valence-corrected chi connectivity index (χ4v) is 2.62. The minimum Gasteiger partial charge on any atom is -0.326 e. The second-order valence-corrected chi connectivity index (χ2v) is 6.61.